The van der Waals surface area contributed by atoms with Crippen LogP contribution in [0.1, 0.15) is 72.1 Å². The topological polar surface area (TPSA) is 71.0 Å². The molecule has 0 aromatic carbocycles. The predicted octanol–water partition coefficient (Wildman–Crippen LogP) is 2.46. The Morgan fingerprint density at radius 2 is 1.35 bits per heavy atom. The Morgan fingerprint density at radius 1 is 0.735 bits per heavy atom. The molecule has 0 aromatic rings. The standard InChI is InChI=1S/C28H50N4O2/c1-20-22-7-6-21-23-5-4-9-25(23,2)10-8-24(21)26(22,3)28(19-27(20,33)34,31-15-11-29-12-16-31)32-17-13-30-14-18-32/h20-24,29-30,33-34H,4-19H2,1-3H3/t20?,21?,22-,23?,24?,25+,26+/m1/s1. The summed E-state index contributed by atoms with van der Waals surface area (Å²) in [5.74, 6) is 1.04. The minimum atomic E-state index is -1.61. The number of piperazine rings is 2. The van der Waals surface area contributed by atoms with Crippen molar-refractivity contribution >= 4 is 0 Å². The Balaban J connectivity index is 1.50. The lowest BCUT2D eigenvalue weighted by molar-refractivity contribution is -0.344. The van der Waals surface area contributed by atoms with Gasteiger partial charge in [0.2, 0.25) is 0 Å². The molecular weight excluding hydrogens is 424 g/mol. The van der Waals surface area contributed by atoms with Crippen LogP contribution < -0.4 is 10.6 Å². The Bertz CT molecular complexity index is 746. The Labute approximate surface area is 207 Å². The molecule has 6 heteroatoms. The van der Waals surface area contributed by atoms with Crippen LogP contribution in [0.15, 0.2) is 0 Å². The third kappa shape index (κ3) is 3.21. The number of nitrogens with one attached hydrogen (secondary N) is 2. The van der Waals surface area contributed by atoms with Crippen LogP contribution in [0.25, 0.3) is 0 Å². The molecule has 0 aromatic heterocycles. The lowest BCUT2D eigenvalue weighted by Crippen LogP contribution is -2.82. The molecule has 34 heavy (non-hydrogen) atoms. The molecule has 6 aliphatic rings. The van der Waals surface area contributed by atoms with E-state index in [1.165, 1.54) is 38.5 Å². The molecular formula is C28H50N4O2. The van der Waals surface area contributed by atoms with Gasteiger partial charge in [0.1, 0.15) is 0 Å². The first-order chi connectivity index (χ1) is 16.2. The Hall–Kier alpha value is -0.240. The molecule has 2 heterocycles. The van der Waals surface area contributed by atoms with Crippen LogP contribution in [0.3, 0.4) is 0 Å². The molecule has 6 nitrogen and oxygen atoms in total. The van der Waals surface area contributed by atoms with Crippen molar-refractivity contribution in [2.45, 2.75) is 83.6 Å². The first-order valence-corrected chi connectivity index (χ1v) is 14.6. The highest BCUT2D eigenvalue weighted by atomic mass is 16.5. The van der Waals surface area contributed by atoms with Crippen molar-refractivity contribution in [3.05, 3.63) is 0 Å². The van der Waals surface area contributed by atoms with Gasteiger partial charge in [-0.1, -0.05) is 27.2 Å². The molecule has 0 spiro atoms. The van der Waals surface area contributed by atoms with Crippen molar-refractivity contribution in [3.8, 4) is 0 Å². The van der Waals surface area contributed by atoms with Crippen LogP contribution in [0.5, 0.6) is 0 Å². The van der Waals surface area contributed by atoms with Crippen LogP contribution in [0.4, 0.5) is 0 Å². The number of hydrogen-bond donors (Lipinski definition) is 4. The summed E-state index contributed by atoms with van der Waals surface area (Å²) in [4.78, 5) is 5.47. The van der Waals surface area contributed by atoms with E-state index in [4.69, 9.17) is 0 Å². The maximum absolute atomic E-state index is 11.7. The second kappa shape index (κ2) is 8.39. The first kappa shape index (κ1) is 24.1. The summed E-state index contributed by atoms with van der Waals surface area (Å²) in [5, 5.41) is 30.5. The highest BCUT2D eigenvalue weighted by Crippen LogP contribution is 2.71. The van der Waals surface area contributed by atoms with Crippen molar-refractivity contribution in [2.75, 3.05) is 52.4 Å². The minimum Gasteiger partial charge on any atom is -0.365 e. The maximum Gasteiger partial charge on any atom is 0.168 e. The molecule has 6 rings (SSSR count). The summed E-state index contributed by atoms with van der Waals surface area (Å²) in [7, 11) is 0. The fraction of sp³-hybridized carbons (Fsp3) is 1.00. The maximum atomic E-state index is 11.7. The fourth-order valence-electron chi connectivity index (χ4n) is 10.9. The molecule has 4 saturated carbocycles. The van der Waals surface area contributed by atoms with Gasteiger partial charge >= 0.3 is 0 Å². The highest BCUT2D eigenvalue weighted by molar-refractivity contribution is 5.20. The largest absolute Gasteiger partial charge is 0.365 e. The fourth-order valence-corrected chi connectivity index (χ4v) is 10.9. The molecule has 6 fully saturated rings. The lowest BCUT2D eigenvalue weighted by atomic mass is 9.40. The minimum absolute atomic E-state index is 0.0723. The van der Waals surface area contributed by atoms with Crippen LogP contribution in [0, 0.1) is 40.4 Å². The molecule has 7 atom stereocenters. The van der Waals surface area contributed by atoms with E-state index in [0.717, 1.165) is 70.6 Å². The van der Waals surface area contributed by atoms with Gasteiger partial charge in [-0.3, -0.25) is 9.80 Å². The van der Waals surface area contributed by atoms with Crippen molar-refractivity contribution in [1.29, 1.82) is 0 Å². The third-order valence-electron chi connectivity index (χ3n) is 12.6. The molecule has 0 bridgehead atoms. The van der Waals surface area contributed by atoms with Gasteiger partial charge in [0.05, 0.1) is 5.66 Å². The van der Waals surface area contributed by atoms with Crippen molar-refractivity contribution in [2.24, 2.45) is 40.4 Å². The molecule has 194 valence electrons. The normalized spacial score (nSPS) is 49.1. The smallest absolute Gasteiger partial charge is 0.168 e. The van der Waals surface area contributed by atoms with Gasteiger partial charge in [-0.15, -0.1) is 0 Å². The Kier molecular flexibility index (Phi) is 5.95. The zero-order valence-electron chi connectivity index (χ0n) is 22.0. The number of aliphatic hydroxyl groups is 2. The monoisotopic (exact) mass is 474 g/mol. The van der Waals surface area contributed by atoms with E-state index in [0.29, 0.717) is 23.7 Å². The number of hydrogen-bond acceptors (Lipinski definition) is 6. The number of rotatable bonds is 2. The summed E-state index contributed by atoms with van der Waals surface area (Å²) in [6.07, 6.45) is 9.90. The second-order valence-electron chi connectivity index (χ2n) is 13.6. The molecule has 2 aliphatic heterocycles. The van der Waals surface area contributed by atoms with Crippen LogP contribution in [-0.2, 0) is 0 Å². The third-order valence-corrected chi connectivity index (χ3v) is 12.6. The van der Waals surface area contributed by atoms with E-state index in [9.17, 15) is 10.2 Å². The summed E-state index contributed by atoms with van der Waals surface area (Å²) in [5.41, 5.74) is 0.339. The Morgan fingerprint density at radius 3 is 1.97 bits per heavy atom. The average Bonchev–Trinajstić information content (AvgIpc) is 3.25. The van der Waals surface area contributed by atoms with Crippen molar-refractivity contribution in [1.82, 2.24) is 20.4 Å². The first-order valence-electron chi connectivity index (χ1n) is 14.6. The van der Waals surface area contributed by atoms with E-state index in [1.54, 1.807) is 0 Å². The molecule has 4 N–H and O–H groups in total. The van der Waals surface area contributed by atoms with E-state index >= 15 is 0 Å². The van der Waals surface area contributed by atoms with E-state index in [-0.39, 0.29) is 17.0 Å². The zero-order chi connectivity index (χ0) is 23.8. The van der Waals surface area contributed by atoms with E-state index < -0.39 is 5.79 Å². The van der Waals surface area contributed by atoms with Crippen LogP contribution in [0.2, 0.25) is 0 Å². The van der Waals surface area contributed by atoms with Crippen LogP contribution in [-0.4, -0.2) is 83.8 Å². The second-order valence-corrected chi connectivity index (χ2v) is 13.6. The van der Waals surface area contributed by atoms with Gasteiger partial charge in [0.25, 0.3) is 0 Å². The summed E-state index contributed by atoms with van der Waals surface area (Å²) >= 11 is 0. The molecule has 4 unspecified atom stereocenters. The zero-order valence-corrected chi connectivity index (χ0v) is 22.0. The van der Waals surface area contributed by atoms with Gasteiger partial charge in [0, 0.05) is 70.1 Å². The highest BCUT2D eigenvalue weighted by Gasteiger charge is 2.72. The average molecular weight is 475 g/mol. The van der Waals surface area contributed by atoms with Crippen LogP contribution >= 0.6 is 0 Å². The van der Waals surface area contributed by atoms with Gasteiger partial charge in [-0.25, -0.2) is 0 Å². The lowest BCUT2D eigenvalue weighted by Gasteiger charge is -2.74. The SMILES string of the molecule is CC1[C@H]2CCC3C4CCC[C@@]4(C)CCC3[C@@]2(C)C(N2CCNCC2)(N2CCNCC2)CC1(O)O. The molecule has 0 radical (unpaired) electrons. The van der Waals surface area contributed by atoms with Gasteiger partial charge < -0.3 is 20.8 Å². The molecule has 2 saturated heterocycles. The van der Waals surface area contributed by atoms with E-state index in [1.807, 2.05) is 0 Å². The molecule has 0 amide bonds. The quantitative estimate of drug-likeness (QED) is 0.461. The van der Waals surface area contributed by atoms with E-state index in [2.05, 4.69) is 41.2 Å². The molecule has 4 aliphatic carbocycles. The summed E-state index contributed by atoms with van der Waals surface area (Å²) < 4.78 is 0. The summed E-state index contributed by atoms with van der Waals surface area (Å²) in [6.45, 7) is 15.4. The summed E-state index contributed by atoms with van der Waals surface area (Å²) in [6, 6.07) is 0. The number of fused-ring (bicyclic) bond motifs is 5. The van der Waals surface area contributed by atoms with Gasteiger partial charge in [-0.2, -0.15) is 0 Å². The van der Waals surface area contributed by atoms with Gasteiger partial charge in [0.15, 0.2) is 5.79 Å². The van der Waals surface area contributed by atoms with Crippen molar-refractivity contribution < 1.29 is 10.2 Å². The van der Waals surface area contributed by atoms with Crippen molar-refractivity contribution in [3.63, 3.8) is 0 Å². The number of nitrogens with zero attached hydrogens (tertiary/aromatic N) is 2. The van der Waals surface area contributed by atoms with Gasteiger partial charge in [-0.05, 0) is 67.6 Å². The predicted molar refractivity (Wildman–Crippen MR) is 135 cm³/mol.